The number of benzene rings is 2. The number of aromatic nitrogens is 3. The Morgan fingerprint density at radius 1 is 1.05 bits per heavy atom. The smallest absolute Gasteiger partial charge is 0.254 e. The third-order valence-corrected chi connectivity index (χ3v) is 7.34. The Labute approximate surface area is 235 Å². The van der Waals surface area contributed by atoms with Crippen LogP contribution in [0.1, 0.15) is 65.5 Å². The summed E-state index contributed by atoms with van der Waals surface area (Å²) in [5.41, 5.74) is 1.61. The number of anilines is 1. The van der Waals surface area contributed by atoms with Crippen LogP contribution >= 0.6 is 0 Å². The molecule has 2 aromatic heterocycles. The van der Waals surface area contributed by atoms with Crippen LogP contribution in [0.2, 0.25) is 0 Å². The zero-order chi connectivity index (χ0) is 29.5. The highest BCUT2D eigenvalue weighted by atomic mass is 19.1. The minimum atomic E-state index is -0.574. The quantitative estimate of drug-likeness (QED) is 0.349. The molecule has 9 nitrogen and oxygen atoms in total. The fraction of sp³-hybridized carbons (Fsp3) is 0.300. The van der Waals surface area contributed by atoms with Crippen molar-refractivity contribution in [2.75, 3.05) is 11.9 Å². The lowest BCUT2D eigenvalue weighted by atomic mass is 10.0. The Kier molecular flexibility index (Phi) is 7.29. The van der Waals surface area contributed by atoms with Crippen LogP contribution in [-0.4, -0.2) is 49.3 Å². The van der Waals surface area contributed by atoms with Gasteiger partial charge in [0, 0.05) is 47.8 Å². The molecule has 212 valence electrons. The van der Waals surface area contributed by atoms with Gasteiger partial charge >= 0.3 is 0 Å². The lowest BCUT2D eigenvalue weighted by molar-refractivity contribution is -0.114. The van der Waals surface area contributed by atoms with Gasteiger partial charge in [-0.25, -0.2) is 18.3 Å². The largest absolute Gasteiger partial charge is 0.348 e. The molecule has 2 aromatic carbocycles. The van der Waals surface area contributed by atoms with Crippen molar-refractivity contribution in [2.24, 2.45) is 0 Å². The van der Waals surface area contributed by atoms with Crippen molar-refractivity contribution >= 4 is 29.2 Å². The van der Waals surface area contributed by atoms with Crippen molar-refractivity contribution in [1.29, 1.82) is 0 Å². The number of hydrogen-bond donors (Lipinski definition) is 2. The molecule has 3 heterocycles. The van der Waals surface area contributed by atoms with Gasteiger partial charge in [-0.3, -0.25) is 14.4 Å². The summed E-state index contributed by atoms with van der Waals surface area (Å²) in [4.78, 5) is 43.6. The normalized spacial score (nSPS) is 14.3. The fourth-order valence-electron chi connectivity index (χ4n) is 5.13. The molecule has 0 spiro atoms. The molecule has 2 N–H and O–H groups in total. The van der Waals surface area contributed by atoms with Crippen LogP contribution in [0.25, 0.3) is 16.9 Å². The Bertz CT molecular complexity index is 1700. The van der Waals surface area contributed by atoms with E-state index in [1.165, 1.54) is 48.0 Å². The summed E-state index contributed by atoms with van der Waals surface area (Å²) in [6.07, 6.45) is 3.30. The van der Waals surface area contributed by atoms with Gasteiger partial charge in [0.1, 0.15) is 11.6 Å². The molecule has 3 amide bonds. The number of carbonyl (C=O) groups excluding carboxylic acids is 3. The van der Waals surface area contributed by atoms with E-state index in [0.717, 1.165) is 12.8 Å². The van der Waals surface area contributed by atoms with Crippen LogP contribution in [0.5, 0.6) is 0 Å². The van der Waals surface area contributed by atoms with Gasteiger partial charge in [0.25, 0.3) is 11.8 Å². The molecular formula is C30H30F2N6O3. The topological polar surface area (TPSA) is 109 Å². The van der Waals surface area contributed by atoms with Crippen LogP contribution in [0.4, 0.5) is 14.6 Å². The minimum absolute atomic E-state index is 0.0874. The number of nitrogens with one attached hydrogen (secondary N) is 2. The second kappa shape index (κ2) is 10.7. The average molecular weight is 561 g/mol. The molecule has 0 atom stereocenters. The van der Waals surface area contributed by atoms with Crippen LogP contribution < -0.4 is 10.6 Å². The molecule has 0 radical (unpaired) electrons. The van der Waals surface area contributed by atoms with Crippen molar-refractivity contribution < 1.29 is 23.2 Å². The van der Waals surface area contributed by atoms with E-state index in [4.69, 9.17) is 0 Å². The number of fused-ring (bicyclic) bond motifs is 1. The van der Waals surface area contributed by atoms with Crippen molar-refractivity contribution in [3.63, 3.8) is 0 Å². The lowest BCUT2D eigenvalue weighted by Gasteiger charge is -2.31. The number of imidazole rings is 1. The summed E-state index contributed by atoms with van der Waals surface area (Å²) in [6, 6.07) is 9.97. The van der Waals surface area contributed by atoms with Crippen molar-refractivity contribution in [3.8, 4) is 11.3 Å². The molecule has 1 aliphatic rings. The first kappa shape index (κ1) is 27.9. The van der Waals surface area contributed by atoms with Gasteiger partial charge in [0.2, 0.25) is 5.91 Å². The van der Waals surface area contributed by atoms with Crippen LogP contribution in [0.15, 0.2) is 48.7 Å². The van der Waals surface area contributed by atoms with E-state index in [-0.39, 0.29) is 46.3 Å². The van der Waals surface area contributed by atoms with Crippen molar-refractivity contribution in [1.82, 2.24) is 24.8 Å². The molecule has 0 saturated carbocycles. The molecule has 1 saturated heterocycles. The van der Waals surface area contributed by atoms with Crippen LogP contribution in [0, 0.1) is 18.6 Å². The third-order valence-electron chi connectivity index (χ3n) is 7.34. The third kappa shape index (κ3) is 5.65. The molecule has 0 bridgehead atoms. The highest BCUT2D eigenvalue weighted by Gasteiger charge is 2.35. The summed E-state index contributed by atoms with van der Waals surface area (Å²) >= 11 is 0. The van der Waals surface area contributed by atoms with Crippen LogP contribution in [-0.2, 0) is 11.3 Å². The van der Waals surface area contributed by atoms with Gasteiger partial charge < -0.3 is 15.5 Å². The first-order valence-electron chi connectivity index (χ1n) is 13.3. The van der Waals surface area contributed by atoms with E-state index in [9.17, 15) is 18.8 Å². The number of halogens is 2. The predicted octanol–water partition coefficient (Wildman–Crippen LogP) is 4.89. The minimum Gasteiger partial charge on any atom is -0.348 e. The second-order valence-corrected chi connectivity index (χ2v) is 10.8. The summed E-state index contributed by atoms with van der Waals surface area (Å²) in [5, 5.41) is 9.65. The van der Waals surface area contributed by atoms with E-state index < -0.39 is 17.5 Å². The fourth-order valence-corrected chi connectivity index (χ4v) is 5.13. The molecule has 4 aromatic rings. The monoisotopic (exact) mass is 560 g/mol. The number of nitrogens with zero attached hydrogens (tertiary/aromatic N) is 4. The van der Waals surface area contributed by atoms with E-state index in [2.05, 4.69) is 20.7 Å². The van der Waals surface area contributed by atoms with Gasteiger partial charge in [-0.05, 0) is 81.6 Å². The second-order valence-electron chi connectivity index (χ2n) is 10.8. The standard InChI is InChI=1S/C30H30F2N6O3/c1-17-12-24(32)22(25-8-9-27-35-26(34-18(2)39)16-38(27)36-25)14-21(17)28(40)33-15-20-13-19(6-7-23(20)31)29(41)37-11-5-10-30(37,3)4/h6-9,12-14,16H,5,10-11,15H2,1-4H3,(H,33,40)(H,34,39). The molecule has 5 rings (SSSR count). The molecule has 0 aliphatic carbocycles. The number of hydrogen-bond acceptors (Lipinski definition) is 5. The molecule has 1 fully saturated rings. The maximum absolute atomic E-state index is 15.0. The highest BCUT2D eigenvalue weighted by molar-refractivity contribution is 5.97. The van der Waals surface area contributed by atoms with Gasteiger partial charge in [0.05, 0.1) is 11.9 Å². The van der Waals surface area contributed by atoms with E-state index in [1.807, 2.05) is 13.8 Å². The van der Waals surface area contributed by atoms with Gasteiger partial charge in [-0.15, -0.1) is 0 Å². The predicted molar refractivity (Wildman–Crippen MR) is 149 cm³/mol. The Hall–Kier alpha value is -4.67. The summed E-state index contributed by atoms with van der Waals surface area (Å²) < 4.78 is 31.1. The zero-order valence-corrected chi connectivity index (χ0v) is 23.2. The highest BCUT2D eigenvalue weighted by Crippen LogP contribution is 2.30. The summed E-state index contributed by atoms with van der Waals surface area (Å²) in [7, 11) is 0. The lowest BCUT2D eigenvalue weighted by Crippen LogP contribution is -2.42. The van der Waals surface area contributed by atoms with E-state index in [1.54, 1.807) is 24.0 Å². The van der Waals surface area contributed by atoms with E-state index in [0.29, 0.717) is 29.1 Å². The van der Waals surface area contributed by atoms with E-state index >= 15 is 4.39 Å². The Morgan fingerprint density at radius 2 is 1.83 bits per heavy atom. The van der Waals surface area contributed by atoms with Gasteiger partial charge in [0.15, 0.2) is 11.5 Å². The Balaban J connectivity index is 1.36. The Morgan fingerprint density at radius 3 is 2.54 bits per heavy atom. The van der Waals surface area contributed by atoms with Gasteiger partial charge in [-0.1, -0.05) is 0 Å². The van der Waals surface area contributed by atoms with Crippen molar-refractivity contribution in [2.45, 2.75) is 52.6 Å². The maximum atomic E-state index is 15.0. The zero-order valence-electron chi connectivity index (χ0n) is 23.2. The number of aryl methyl sites for hydroxylation is 1. The van der Waals surface area contributed by atoms with Crippen LogP contribution in [0.3, 0.4) is 0 Å². The number of likely N-dealkylation sites (tertiary alicyclic amines) is 1. The summed E-state index contributed by atoms with van der Waals surface area (Å²) in [5.74, 6) is -1.81. The molecule has 0 unspecified atom stereocenters. The average Bonchev–Trinajstić information content (AvgIpc) is 3.47. The van der Waals surface area contributed by atoms with Crippen molar-refractivity contribution in [3.05, 3.63) is 82.5 Å². The molecule has 1 aliphatic heterocycles. The summed E-state index contributed by atoms with van der Waals surface area (Å²) in [6.45, 7) is 7.46. The first-order valence-corrected chi connectivity index (χ1v) is 13.3. The first-order chi connectivity index (χ1) is 19.4. The van der Waals surface area contributed by atoms with Gasteiger partial charge in [-0.2, -0.15) is 5.10 Å². The molecule has 41 heavy (non-hydrogen) atoms. The number of rotatable bonds is 6. The maximum Gasteiger partial charge on any atom is 0.254 e. The molecular weight excluding hydrogens is 530 g/mol. The number of carbonyl (C=O) groups is 3. The number of amides is 3. The SMILES string of the molecule is CC(=O)Nc1cn2nc(-c3cc(C(=O)NCc4cc(C(=O)N5CCCC5(C)C)ccc4F)c(C)cc3F)ccc2n1. The molecule has 11 heteroatoms.